The first-order chi connectivity index (χ1) is 23.9. The number of hydrogen-bond donors (Lipinski definition) is 0. The number of nitrogens with zero attached hydrogens (tertiary/aromatic N) is 2. The van der Waals surface area contributed by atoms with Gasteiger partial charge in [-0.1, -0.05) is 36.4 Å². The van der Waals surface area contributed by atoms with Gasteiger partial charge in [-0.3, -0.25) is 0 Å². The van der Waals surface area contributed by atoms with E-state index in [1.165, 1.54) is 0 Å². The van der Waals surface area contributed by atoms with Gasteiger partial charge in [0.15, 0.2) is 0 Å². The molecule has 3 aromatic heterocycles. The van der Waals surface area contributed by atoms with Gasteiger partial charge in [-0.05, 0) is 111 Å². The van der Waals surface area contributed by atoms with Gasteiger partial charge in [0.25, 0.3) is 0 Å². The zero-order valence-electron chi connectivity index (χ0n) is 28.2. The highest BCUT2D eigenvalue weighted by Crippen LogP contribution is 2.37. The van der Waals surface area contributed by atoms with Crippen molar-refractivity contribution in [1.82, 2.24) is 0 Å². The standard InChI is InChI=1S/C42H38N2O4S/c1-5-43(6-2)33-17-15-30-23-35(41(45)47-37(30)25-33)29-13-9-11-27(21-29)28-12-10-14-32(22-28)39-19-20-40(49-39)36-24-31-16-18-34(44(7-3)8-4)26-38(31)48-42(36)46/h9-26H,5-8H2,1-4H3. The number of rotatable bonds is 10. The summed E-state index contributed by atoms with van der Waals surface area (Å²) in [7, 11) is 0. The molecule has 0 atom stereocenters. The van der Waals surface area contributed by atoms with E-state index >= 15 is 0 Å². The molecular formula is C42H38N2O4S. The molecule has 0 aliphatic heterocycles. The summed E-state index contributed by atoms with van der Waals surface area (Å²) in [5, 5.41) is 1.78. The van der Waals surface area contributed by atoms with Crippen LogP contribution in [0.4, 0.5) is 11.4 Å². The highest BCUT2D eigenvalue weighted by Gasteiger charge is 2.15. The first-order valence-corrected chi connectivity index (χ1v) is 17.7. The molecule has 49 heavy (non-hydrogen) atoms. The Labute approximate surface area is 289 Å². The average Bonchev–Trinajstić information content (AvgIpc) is 3.62. The Morgan fingerprint density at radius 1 is 0.490 bits per heavy atom. The van der Waals surface area contributed by atoms with Gasteiger partial charge in [-0.2, -0.15) is 0 Å². The van der Waals surface area contributed by atoms with Crippen LogP contribution >= 0.6 is 11.3 Å². The lowest BCUT2D eigenvalue weighted by atomic mass is 9.98. The van der Waals surface area contributed by atoms with E-state index in [0.717, 1.165) is 80.3 Å². The predicted molar refractivity (Wildman–Crippen MR) is 205 cm³/mol. The van der Waals surface area contributed by atoms with Crippen LogP contribution in [0.1, 0.15) is 27.7 Å². The molecule has 4 aromatic carbocycles. The van der Waals surface area contributed by atoms with E-state index in [1.807, 2.05) is 72.8 Å². The minimum Gasteiger partial charge on any atom is -0.422 e. The normalized spacial score (nSPS) is 11.3. The van der Waals surface area contributed by atoms with Crippen LogP contribution in [0.3, 0.4) is 0 Å². The van der Waals surface area contributed by atoms with Crippen molar-refractivity contribution < 1.29 is 8.83 Å². The van der Waals surface area contributed by atoms with Gasteiger partial charge in [0, 0.05) is 70.2 Å². The van der Waals surface area contributed by atoms with Gasteiger partial charge < -0.3 is 18.6 Å². The van der Waals surface area contributed by atoms with E-state index < -0.39 is 0 Å². The zero-order valence-corrected chi connectivity index (χ0v) is 29.0. The molecule has 0 amide bonds. The molecule has 0 fully saturated rings. The number of thiophene rings is 1. The van der Waals surface area contributed by atoms with Crippen molar-refractivity contribution in [1.29, 1.82) is 0 Å². The maximum absolute atomic E-state index is 13.2. The fourth-order valence-corrected chi connectivity index (χ4v) is 7.51. The van der Waals surface area contributed by atoms with Gasteiger partial charge in [0.1, 0.15) is 11.2 Å². The van der Waals surface area contributed by atoms with Crippen molar-refractivity contribution in [2.75, 3.05) is 36.0 Å². The molecule has 3 heterocycles. The molecule has 246 valence electrons. The summed E-state index contributed by atoms with van der Waals surface area (Å²) >= 11 is 1.56. The monoisotopic (exact) mass is 666 g/mol. The van der Waals surface area contributed by atoms with Crippen molar-refractivity contribution in [3.63, 3.8) is 0 Å². The van der Waals surface area contributed by atoms with Crippen LogP contribution in [0.5, 0.6) is 0 Å². The Kier molecular flexibility index (Phi) is 8.93. The highest BCUT2D eigenvalue weighted by atomic mass is 32.1. The molecule has 0 saturated heterocycles. The van der Waals surface area contributed by atoms with Crippen LogP contribution in [0.15, 0.2) is 128 Å². The molecule has 7 aromatic rings. The molecule has 0 spiro atoms. The molecule has 7 rings (SSSR count). The lowest BCUT2D eigenvalue weighted by Crippen LogP contribution is -2.21. The first kappa shape index (κ1) is 32.2. The Morgan fingerprint density at radius 3 is 1.53 bits per heavy atom. The number of anilines is 2. The molecule has 0 bridgehead atoms. The summed E-state index contributed by atoms with van der Waals surface area (Å²) in [5.41, 5.74) is 7.52. The summed E-state index contributed by atoms with van der Waals surface area (Å²) in [6.45, 7) is 12.0. The van der Waals surface area contributed by atoms with E-state index in [2.05, 4.69) is 73.9 Å². The third-order valence-corrected chi connectivity index (χ3v) is 10.4. The molecule has 0 N–H and O–H groups in total. The third kappa shape index (κ3) is 6.30. The lowest BCUT2D eigenvalue weighted by molar-refractivity contribution is 0.563. The van der Waals surface area contributed by atoms with Gasteiger partial charge in [0.2, 0.25) is 0 Å². The number of hydrogen-bond acceptors (Lipinski definition) is 7. The summed E-state index contributed by atoms with van der Waals surface area (Å²) in [6, 6.07) is 36.3. The molecule has 0 aliphatic carbocycles. The van der Waals surface area contributed by atoms with E-state index in [0.29, 0.717) is 22.3 Å². The summed E-state index contributed by atoms with van der Waals surface area (Å²) in [5.74, 6) is 0. The average molecular weight is 667 g/mol. The van der Waals surface area contributed by atoms with E-state index in [9.17, 15) is 9.59 Å². The fraction of sp³-hybridized carbons (Fsp3) is 0.190. The molecular weight excluding hydrogens is 629 g/mol. The van der Waals surface area contributed by atoms with Crippen molar-refractivity contribution in [2.45, 2.75) is 27.7 Å². The molecule has 0 radical (unpaired) electrons. The van der Waals surface area contributed by atoms with E-state index in [1.54, 1.807) is 11.3 Å². The fourth-order valence-electron chi connectivity index (χ4n) is 6.50. The second-order valence-corrected chi connectivity index (χ2v) is 13.1. The van der Waals surface area contributed by atoms with Crippen molar-refractivity contribution in [3.8, 4) is 43.1 Å². The molecule has 0 saturated carbocycles. The van der Waals surface area contributed by atoms with Gasteiger partial charge >= 0.3 is 11.3 Å². The Hall–Kier alpha value is -5.40. The van der Waals surface area contributed by atoms with E-state index in [-0.39, 0.29) is 11.3 Å². The predicted octanol–water partition coefficient (Wildman–Crippen LogP) is 10.3. The molecule has 6 nitrogen and oxygen atoms in total. The Bertz CT molecular complexity index is 2410. The minimum atomic E-state index is -0.358. The summed E-state index contributed by atoms with van der Waals surface area (Å²) in [6.07, 6.45) is 0. The summed E-state index contributed by atoms with van der Waals surface area (Å²) < 4.78 is 11.6. The quantitative estimate of drug-likeness (QED) is 0.135. The largest absolute Gasteiger partial charge is 0.422 e. The van der Waals surface area contributed by atoms with Gasteiger partial charge in [0.05, 0.1) is 11.1 Å². The maximum Gasteiger partial charge on any atom is 0.345 e. The van der Waals surface area contributed by atoms with Gasteiger partial charge in [-0.25, -0.2) is 9.59 Å². The summed E-state index contributed by atoms with van der Waals surface area (Å²) in [4.78, 5) is 32.7. The molecule has 0 aliphatic rings. The van der Waals surface area contributed by atoms with E-state index in [4.69, 9.17) is 8.83 Å². The van der Waals surface area contributed by atoms with Crippen molar-refractivity contribution >= 4 is 44.7 Å². The van der Waals surface area contributed by atoms with Crippen LogP contribution in [0.25, 0.3) is 65.1 Å². The lowest BCUT2D eigenvalue weighted by Gasteiger charge is -2.21. The highest BCUT2D eigenvalue weighted by molar-refractivity contribution is 7.18. The second kappa shape index (κ2) is 13.6. The first-order valence-electron chi connectivity index (χ1n) is 16.9. The van der Waals surface area contributed by atoms with Crippen LogP contribution in [-0.2, 0) is 0 Å². The smallest absolute Gasteiger partial charge is 0.345 e. The second-order valence-electron chi connectivity index (χ2n) is 12.0. The van der Waals surface area contributed by atoms with Gasteiger partial charge in [-0.15, -0.1) is 11.3 Å². The van der Waals surface area contributed by atoms with Crippen molar-refractivity contribution in [2.24, 2.45) is 0 Å². The minimum absolute atomic E-state index is 0.342. The molecule has 0 unspecified atom stereocenters. The van der Waals surface area contributed by atoms with Crippen LogP contribution in [-0.4, -0.2) is 26.2 Å². The van der Waals surface area contributed by atoms with Crippen molar-refractivity contribution in [3.05, 3.63) is 130 Å². The molecule has 7 heteroatoms. The van der Waals surface area contributed by atoms with Crippen LogP contribution in [0, 0.1) is 0 Å². The third-order valence-electron chi connectivity index (χ3n) is 9.22. The number of benzene rings is 4. The SMILES string of the molecule is CCN(CC)c1ccc2cc(-c3cccc(-c4cccc(-c5ccc(-c6cc7ccc(N(CC)CC)cc7oc6=O)s5)c4)c3)c(=O)oc2c1. The topological polar surface area (TPSA) is 66.9 Å². The maximum atomic E-state index is 13.2. The Balaban J connectivity index is 1.18. The number of fused-ring (bicyclic) bond motifs is 2. The Morgan fingerprint density at radius 2 is 0.959 bits per heavy atom. The zero-order chi connectivity index (χ0) is 34.1. The van der Waals surface area contributed by atoms with Crippen LogP contribution in [0.2, 0.25) is 0 Å². The van der Waals surface area contributed by atoms with Crippen LogP contribution < -0.4 is 21.1 Å².